The Bertz CT molecular complexity index is 1970. The lowest BCUT2D eigenvalue weighted by molar-refractivity contribution is -0.152. The molecular formula is C35H44F3N6O7P. The summed E-state index contributed by atoms with van der Waals surface area (Å²) in [6.07, 6.45) is -0.480. The van der Waals surface area contributed by atoms with Crippen molar-refractivity contribution in [1.29, 1.82) is 0 Å². The topological polar surface area (TPSA) is 160 Å². The minimum Gasteiger partial charge on any atom is -0.495 e. The summed E-state index contributed by atoms with van der Waals surface area (Å²) in [6.45, 7) is 3.82. The molecule has 1 aliphatic rings. The third-order valence-corrected chi connectivity index (χ3v) is 11.6. The zero-order valence-corrected chi connectivity index (χ0v) is 30.8. The molecule has 1 fully saturated rings. The van der Waals surface area contributed by atoms with E-state index in [1.54, 1.807) is 76.4 Å². The number of carboxylic acids is 1. The van der Waals surface area contributed by atoms with E-state index in [9.17, 15) is 32.7 Å². The largest absolute Gasteiger partial charge is 0.495 e. The number of halogens is 3. The molecule has 0 aliphatic heterocycles. The maximum atomic E-state index is 14.3. The van der Waals surface area contributed by atoms with Gasteiger partial charge in [-0.05, 0) is 88.9 Å². The number of aromatic hydroxyl groups is 1. The number of carboxylic acid groups (broad SMARTS) is 1. The van der Waals surface area contributed by atoms with Crippen LogP contribution in [0.5, 0.6) is 11.6 Å². The van der Waals surface area contributed by atoms with E-state index in [1.165, 1.54) is 11.7 Å². The summed E-state index contributed by atoms with van der Waals surface area (Å²) in [7, 11) is 3.14. The number of aromatic nitrogens is 3. The fraction of sp³-hybridized carbons (Fsp3) is 0.457. The van der Waals surface area contributed by atoms with Gasteiger partial charge in [0, 0.05) is 24.8 Å². The van der Waals surface area contributed by atoms with Gasteiger partial charge in [-0.15, -0.1) is 0 Å². The van der Waals surface area contributed by atoms with Gasteiger partial charge in [-0.25, -0.2) is 4.98 Å². The van der Waals surface area contributed by atoms with E-state index >= 15 is 0 Å². The second kappa shape index (κ2) is 15.3. The molecule has 282 valence electrons. The van der Waals surface area contributed by atoms with Crippen LogP contribution in [0.4, 0.5) is 36.3 Å². The highest BCUT2D eigenvalue weighted by molar-refractivity contribution is 7.53. The van der Waals surface area contributed by atoms with E-state index in [4.69, 9.17) is 13.8 Å². The fourth-order valence-corrected chi connectivity index (χ4v) is 8.53. The number of aryl methyl sites for hydroxylation is 1. The lowest BCUT2D eigenvalue weighted by Gasteiger charge is -2.41. The van der Waals surface area contributed by atoms with E-state index in [2.05, 4.69) is 20.6 Å². The quantitative estimate of drug-likeness (QED) is 0.0922. The van der Waals surface area contributed by atoms with Crippen LogP contribution in [-0.4, -0.2) is 75.6 Å². The van der Waals surface area contributed by atoms with Crippen LogP contribution in [0.25, 0.3) is 10.8 Å². The predicted molar refractivity (Wildman–Crippen MR) is 191 cm³/mol. The number of ether oxygens (including phenoxy) is 1. The normalized spacial score (nSPS) is 18.2. The fourth-order valence-electron chi connectivity index (χ4n) is 6.84. The predicted octanol–water partition coefficient (Wildman–Crippen LogP) is 8.00. The Morgan fingerprint density at radius 3 is 2.33 bits per heavy atom. The Hall–Kier alpha value is -4.37. The number of fused-ring (bicyclic) bond motifs is 1. The number of rotatable bonds is 14. The number of aliphatic carboxylic acids is 1. The second-order valence-corrected chi connectivity index (χ2v) is 15.0. The summed E-state index contributed by atoms with van der Waals surface area (Å²) in [6, 6.07) is 8.26. The zero-order chi connectivity index (χ0) is 38.0. The first-order valence-electron chi connectivity index (χ1n) is 16.8. The molecule has 4 aromatic rings. The third-order valence-electron chi connectivity index (χ3n) is 9.55. The highest BCUT2D eigenvalue weighted by Crippen LogP contribution is 2.52. The summed E-state index contributed by atoms with van der Waals surface area (Å²) in [4.78, 5) is 22.1. The molecule has 0 atom stereocenters. The number of anilines is 4. The van der Waals surface area contributed by atoms with E-state index in [1.807, 2.05) is 0 Å². The standard InChI is InChI=1S/C35H44F3N6O7P/c1-7-50-52(48,51-8-2)20-21-9-11-26(28(17-21)49-6)41-33-39-18-25(35(36,37)38)30(42-33)40-27-12-10-23(24-19-44(5)31(45)29(24)27)22-13-15-34(16-14-22,32(46)47)43(3)4/h9-12,17-19,22,45H,7-8,13-16,20H2,1-6H3,(H,46,47)(H2,39,40,41,42). The van der Waals surface area contributed by atoms with Crippen molar-refractivity contribution in [3.63, 3.8) is 0 Å². The van der Waals surface area contributed by atoms with Crippen molar-refractivity contribution in [2.45, 2.75) is 63.3 Å². The monoisotopic (exact) mass is 748 g/mol. The summed E-state index contributed by atoms with van der Waals surface area (Å²) < 4.78 is 73.7. The highest BCUT2D eigenvalue weighted by Gasteiger charge is 2.44. The van der Waals surface area contributed by atoms with E-state index in [0.29, 0.717) is 53.9 Å². The van der Waals surface area contributed by atoms with Crippen molar-refractivity contribution >= 4 is 47.5 Å². The van der Waals surface area contributed by atoms with Crippen LogP contribution in [0.15, 0.2) is 42.7 Å². The van der Waals surface area contributed by atoms with Gasteiger partial charge in [0.25, 0.3) is 0 Å². The molecular weight excluding hydrogens is 704 g/mol. The van der Waals surface area contributed by atoms with Crippen molar-refractivity contribution in [3.8, 4) is 11.6 Å². The summed E-state index contributed by atoms with van der Waals surface area (Å²) in [5, 5.41) is 27.8. The second-order valence-electron chi connectivity index (χ2n) is 12.9. The maximum absolute atomic E-state index is 14.3. The number of nitrogens with zero attached hydrogens (tertiary/aromatic N) is 4. The van der Waals surface area contributed by atoms with Crippen LogP contribution in [0, 0.1) is 0 Å². The molecule has 1 aliphatic carbocycles. The molecule has 4 N–H and O–H groups in total. The molecule has 13 nitrogen and oxygen atoms in total. The summed E-state index contributed by atoms with van der Waals surface area (Å²) in [5.41, 5.74) is -0.134. The van der Waals surface area contributed by atoms with Crippen LogP contribution in [0.2, 0.25) is 0 Å². The van der Waals surface area contributed by atoms with Gasteiger partial charge in [0.05, 0.1) is 43.2 Å². The Morgan fingerprint density at radius 1 is 1.10 bits per heavy atom. The molecule has 0 bridgehead atoms. The SMILES string of the molecule is CCOP(=O)(Cc1ccc(Nc2ncc(C(F)(F)F)c(Nc3ccc(C4CCC(C(=O)O)(N(C)C)CC4)c4cn(C)c(O)c34)n2)c(OC)c1)OCC. The number of carbonyl (C=O) groups is 1. The van der Waals surface area contributed by atoms with Crippen LogP contribution in [0.1, 0.15) is 62.1 Å². The number of benzene rings is 2. The van der Waals surface area contributed by atoms with E-state index in [-0.39, 0.29) is 48.6 Å². The molecule has 2 aromatic heterocycles. The molecule has 5 rings (SSSR count). The van der Waals surface area contributed by atoms with Gasteiger partial charge in [0.2, 0.25) is 11.8 Å². The van der Waals surface area contributed by atoms with Crippen LogP contribution >= 0.6 is 7.60 Å². The number of alkyl halides is 3. The average Bonchev–Trinajstić information content (AvgIpc) is 3.38. The van der Waals surface area contributed by atoms with Crippen molar-refractivity contribution in [1.82, 2.24) is 19.4 Å². The van der Waals surface area contributed by atoms with Crippen molar-refractivity contribution < 1.29 is 46.5 Å². The Morgan fingerprint density at radius 2 is 1.75 bits per heavy atom. The van der Waals surface area contributed by atoms with Crippen molar-refractivity contribution in [2.24, 2.45) is 7.05 Å². The minimum absolute atomic E-state index is 0.0182. The van der Waals surface area contributed by atoms with Crippen LogP contribution in [0.3, 0.4) is 0 Å². The van der Waals surface area contributed by atoms with Gasteiger partial charge in [-0.3, -0.25) is 14.3 Å². The van der Waals surface area contributed by atoms with Crippen molar-refractivity contribution in [3.05, 3.63) is 59.4 Å². The van der Waals surface area contributed by atoms with Gasteiger partial charge >= 0.3 is 19.7 Å². The molecule has 0 spiro atoms. The van der Waals surface area contributed by atoms with Crippen LogP contribution in [-0.2, 0) is 37.8 Å². The smallest absolute Gasteiger partial charge is 0.421 e. The van der Waals surface area contributed by atoms with Gasteiger partial charge < -0.3 is 39.2 Å². The third kappa shape index (κ3) is 7.85. The number of likely N-dealkylation sites (N-methyl/N-ethyl adjacent to an activating group) is 1. The molecule has 2 aromatic carbocycles. The molecule has 0 saturated heterocycles. The summed E-state index contributed by atoms with van der Waals surface area (Å²) in [5.74, 6) is -1.51. The Labute approximate surface area is 299 Å². The maximum Gasteiger partial charge on any atom is 0.421 e. The lowest BCUT2D eigenvalue weighted by atomic mass is 9.73. The zero-order valence-electron chi connectivity index (χ0n) is 29.9. The van der Waals surface area contributed by atoms with E-state index < -0.39 is 36.7 Å². The number of hydrogen-bond acceptors (Lipinski definition) is 11. The molecule has 17 heteroatoms. The average molecular weight is 749 g/mol. The van der Waals surface area contributed by atoms with Gasteiger partial charge in [0.1, 0.15) is 22.7 Å². The van der Waals surface area contributed by atoms with Gasteiger partial charge in [-0.1, -0.05) is 12.1 Å². The summed E-state index contributed by atoms with van der Waals surface area (Å²) >= 11 is 0. The lowest BCUT2D eigenvalue weighted by Crippen LogP contribution is -2.53. The van der Waals surface area contributed by atoms with E-state index in [0.717, 1.165) is 5.56 Å². The molecule has 0 radical (unpaired) electrons. The Kier molecular flexibility index (Phi) is 11.4. The highest BCUT2D eigenvalue weighted by atomic mass is 31.2. The molecule has 0 amide bonds. The Balaban J connectivity index is 1.47. The molecule has 1 saturated carbocycles. The van der Waals surface area contributed by atoms with Gasteiger partial charge in [-0.2, -0.15) is 18.2 Å². The number of nitrogens with one attached hydrogen (secondary N) is 2. The first-order chi connectivity index (χ1) is 24.6. The van der Waals surface area contributed by atoms with Gasteiger partial charge in [0.15, 0.2) is 0 Å². The molecule has 52 heavy (non-hydrogen) atoms. The van der Waals surface area contributed by atoms with Crippen LogP contribution < -0.4 is 15.4 Å². The first-order valence-corrected chi connectivity index (χ1v) is 18.5. The molecule has 2 heterocycles. The number of methoxy groups -OCH3 is 1. The van der Waals surface area contributed by atoms with Crippen molar-refractivity contribution in [2.75, 3.05) is 45.1 Å². The molecule has 0 unspecified atom stereocenters. The number of hydrogen-bond donors (Lipinski definition) is 4. The minimum atomic E-state index is -4.82. The first kappa shape index (κ1) is 38.9.